The second-order valence-corrected chi connectivity index (χ2v) is 16.0. The van der Waals surface area contributed by atoms with Crippen LogP contribution in [-0.2, 0) is 0 Å². The molecule has 0 aliphatic heterocycles. The molecular formula is C62H43N. The number of anilines is 3. The Morgan fingerprint density at radius 3 is 1.06 bits per heavy atom. The van der Waals surface area contributed by atoms with Gasteiger partial charge in [-0.05, 0) is 84.3 Å². The molecule has 0 atom stereocenters. The van der Waals surface area contributed by atoms with E-state index in [-0.39, 0.29) is 0 Å². The number of rotatable bonds is 9. The second kappa shape index (κ2) is 16.7. The van der Waals surface area contributed by atoms with Crippen molar-refractivity contribution in [3.8, 4) is 66.8 Å². The number of hydrogen-bond donors (Lipinski definition) is 0. The minimum Gasteiger partial charge on any atom is -0.308 e. The Morgan fingerprint density at radius 2 is 0.556 bits per heavy atom. The van der Waals surface area contributed by atoms with E-state index >= 15 is 0 Å². The van der Waals surface area contributed by atoms with Gasteiger partial charge in [0.2, 0.25) is 0 Å². The number of fused-ring (bicyclic) bond motifs is 3. The molecule has 1 heteroatoms. The molecule has 11 aromatic rings. The molecule has 0 radical (unpaired) electrons. The lowest BCUT2D eigenvalue weighted by atomic mass is 9.84. The van der Waals surface area contributed by atoms with Gasteiger partial charge in [0.15, 0.2) is 0 Å². The van der Waals surface area contributed by atoms with E-state index in [1.807, 2.05) is 0 Å². The highest BCUT2D eigenvalue weighted by Gasteiger charge is 2.27. The molecule has 0 aliphatic carbocycles. The maximum Gasteiger partial charge on any atom is 0.0618 e. The van der Waals surface area contributed by atoms with Crippen molar-refractivity contribution < 1.29 is 0 Å². The molecule has 63 heavy (non-hydrogen) atoms. The van der Waals surface area contributed by atoms with Crippen molar-refractivity contribution in [3.05, 3.63) is 261 Å². The number of nitrogens with zero attached hydrogens (tertiary/aromatic N) is 1. The fourth-order valence-electron chi connectivity index (χ4n) is 9.47. The van der Waals surface area contributed by atoms with Crippen molar-refractivity contribution in [2.75, 3.05) is 4.90 Å². The molecule has 0 saturated carbocycles. The van der Waals surface area contributed by atoms with Gasteiger partial charge in [-0.3, -0.25) is 0 Å². The van der Waals surface area contributed by atoms with E-state index in [1.165, 1.54) is 43.8 Å². The maximum atomic E-state index is 2.53. The fraction of sp³-hybridized carbons (Fsp3) is 0. The second-order valence-electron chi connectivity index (χ2n) is 16.0. The Bertz CT molecular complexity index is 3300. The Labute approximate surface area is 369 Å². The average molecular weight is 802 g/mol. The first kappa shape index (κ1) is 37.7. The summed E-state index contributed by atoms with van der Waals surface area (Å²) in [5.41, 5.74) is 17.4. The minimum absolute atomic E-state index is 1.09. The summed E-state index contributed by atoms with van der Waals surface area (Å²) in [7, 11) is 0. The van der Waals surface area contributed by atoms with Crippen molar-refractivity contribution in [2.45, 2.75) is 0 Å². The van der Waals surface area contributed by atoms with Gasteiger partial charge in [-0.15, -0.1) is 0 Å². The normalized spacial score (nSPS) is 11.2. The predicted molar refractivity (Wildman–Crippen MR) is 269 cm³/mol. The molecule has 0 bridgehead atoms. The molecule has 0 fully saturated rings. The minimum atomic E-state index is 1.09. The molecule has 0 spiro atoms. The smallest absolute Gasteiger partial charge is 0.0618 e. The highest BCUT2D eigenvalue weighted by Crippen LogP contribution is 2.52. The third-order valence-electron chi connectivity index (χ3n) is 12.3. The molecule has 0 aromatic heterocycles. The monoisotopic (exact) mass is 801 g/mol. The number of benzene rings is 11. The van der Waals surface area contributed by atoms with Crippen LogP contribution in [0.4, 0.5) is 17.1 Å². The van der Waals surface area contributed by atoms with Gasteiger partial charge in [-0.1, -0.05) is 243 Å². The van der Waals surface area contributed by atoms with Crippen LogP contribution in [0.5, 0.6) is 0 Å². The maximum absolute atomic E-state index is 2.53. The molecule has 0 amide bonds. The molecule has 0 N–H and O–H groups in total. The van der Waals surface area contributed by atoms with Crippen molar-refractivity contribution in [1.82, 2.24) is 0 Å². The summed E-state index contributed by atoms with van der Waals surface area (Å²) in [4.78, 5) is 2.53. The van der Waals surface area contributed by atoms with E-state index in [0.717, 1.165) is 61.6 Å². The van der Waals surface area contributed by atoms with Crippen LogP contribution < -0.4 is 4.90 Å². The number of hydrogen-bond acceptors (Lipinski definition) is 1. The summed E-state index contributed by atoms with van der Waals surface area (Å²) in [6.07, 6.45) is 0. The quantitative estimate of drug-likeness (QED) is 0.131. The topological polar surface area (TPSA) is 3.24 Å². The van der Waals surface area contributed by atoms with Crippen LogP contribution >= 0.6 is 0 Å². The summed E-state index contributed by atoms with van der Waals surface area (Å²) in [6, 6.07) is 94.8. The van der Waals surface area contributed by atoms with Gasteiger partial charge < -0.3 is 4.90 Å². The number of para-hydroxylation sites is 3. The van der Waals surface area contributed by atoms with Crippen LogP contribution in [0.3, 0.4) is 0 Å². The van der Waals surface area contributed by atoms with Crippen LogP contribution in [0.2, 0.25) is 0 Å². The van der Waals surface area contributed by atoms with E-state index < -0.39 is 0 Å². The van der Waals surface area contributed by atoms with E-state index in [9.17, 15) is 0 Å². The van der Waals surface area contributed by atoms with Crippen molar-refractivity contribution in [3.63, 3.8) is 0 Å². The van der Waals surface area contributed by atoms with Gasteiger partial charge in [0.05, 0.1) is 17.1 Å². The van der Waals surface area contributed by atoms with E-state index in [2.05, 4.69) is 266 Å². The van der Waals surface area contributed by atoms with Crippen molar-refractivity contribution >= 4 is 38.6 Å². The van der Waals surface area contributed by atoms with Gasteiger partial charge in [0.1, 0.15) is 0 Å². The van der Waals surface area contributed by atoms with Crippen molar-refractivity contribution in [2.24, 2.45) is 0 Å². The standard InChI is InChI=1S/C62H43N/c1-6-23-44(24-7-1)50-33-18-20-39-58(50)63(62-52(45-25-8-2-9-26-45)37-22-38-53(62)46-27-10-3-11-28-46)59-40-21-19-34-51(59)49-41-42-55-54-35-16-17-36-56(54)60(47-29-12-4-13-30-47)61(57(55)43-49)48-31-14-5-15-32-48/h1-43H. The van der Waals surface area contributed by atoms with E-state index in [0.29, 0.717) is 0 Å². The zero-order valence-electron chi connectivity index (χ0n) is 34.8. The van der Waals surface area contributed by atoms with Crippen LogP contribution in [0.25, 0.3) is 88.3 Å². The van der Waals surface area contributed by atoms with E-state index in [1.54, 1.807) is 0 Å². The lowest BCUT2D eigenvalue weighted by Crippen LogP contribution is -2.15. The Hall–Kier alpha value is -8.26. The summed E-state index contributed by atoms with van der Waals surface area (Å²) >= 11 is 0. The van der Waals surface area contributed by atoms with E-state index in [4.69, 9.17) is 0 Å². The van der Waals surface area contributed by atoms with Gasteiger partial charge in [0, 0.05) is 22.3 Å². The molecule has 0 heterocycles. The zero-order valence-corrected chi connectivity index (χ0v) is 34.8. The molecule has 1 nitrogen and oxygen atoms in total. The van der Waals surface area contributed by atoms with Crippen molar-refractivity contribution in [1.29, 1.82) is 0 Å². The van der Waals surface area contributed by atoms with Gasteiger partial charge in [-0.25, -0.2) is 0 Å². The first-order valence-corrected chi connectivity index (χ1v) is 21.7. The molecule has 11 rings (SSSR count). The van der Waals surface area contributed by atoms with Gasteiger partial charge >= 0.3 is 0 Å². The summed E-state index contributed by atoms with van der Waals surface area (Å²) in [6.45, 7) is 0. The molecule has 0 unspecified atom stereocenters. The fourth-order valence-corrected chi connectivity index (χ4v) is 9.47. The summed E-state index contributed by atoms with van der Waals surface area (Å²) in [5, 5.41) is 4.95. The van der Waals surface area contributed by atoms with Crippen LogP contribution in [0, 0.1) is 0 Å². The van der Waals surface area contributed by atoms with Crippen LogP contribution in [0.1, 0.15) is 0 Å². The SMILES string of the molecule is c1ccc(-c2ccccc2N(c2ccccc2-c2ccc3c(c2)c(-c2ccccc2)c(-c2ccccc2)c2ccccc23)c2c(-c3ccccc3)cccc2-c2ccccc2)cc1. The first-order chi connectivity index (χ1) is 31.3. The zero-order chi connectivity index (χ0) is 42.0. The van der Waals surface area contributed by atoms with Gasteiger partial charge in [0.25, 0.3) is 0 Å². The lowest BCUT2D eigenvalue weighted by Gasteiger charge is -2.33. The van der Waals surface area contributed by atoms with Crippen LogP contribution in [0.15, 0.2) is 261 Å². The summed E-state index contributed by atoms with van der Waals surface area (Å²) in [5.74, 6) is 0. The molecule has 296 valence electrons. The third-order valence-corrected chi connectivity index (χ3v) is 12.3. The molecular weight excluding hydrogens is 759 g/mol. The Morgan fingerprint density at radius 1 is 0.206 bits per heavy atom. The molecule has 0 saturated heterocycles. The first-order valence-electron chi connectivity index (χ1n) is 21.7. The summed E-state index contributed by atoms with van der Waals surface area (Å²) < 4.78 is 0. The van der Waals surface area contributed by atoms with Crippen LogP contribution in [-0.4, -0.2) is 0 Å². The lowest BCUT2D eigenvalue weighted by molar-refractivity contribution is 1.28. The highest BCUT2D eigenvalue weighted by molar-refractivity contribution is 6.22. The van der Waals surface area contributed by atoms with Gasteiger partial charge in [-0.2, -0.15) is 0 Å². The largest absolute Gasteiger partial charge is 0.308 e. The Balaban J connectivity index is 1.24. The molecule has 0 aliphatic rings. The average Bonchev–Trinajstić information content (AvgIpc) is 3.37. The third kappa shape index (κ3) is 6.96. The molecule has 11 aromatic carbocycles. The Kier molecular flexibility index (Phi) is 9.97. The predicted octanol–water partition coefficient (Wildman–Crippen LogP) is 17.5. The highest BCUT2D eigenvalue weighted by atomic mass is 15.2.